The number of benzene rings is 2. The van der Waals surface area contributed by atoms with Crippen LogP contribution in [0.3, 0.4) is 0 Å². The number of hydrogen-bond acceptors (Lipinski definition) is 8. The van der Waals surface area contributed by atoms with Gasteiger partial charge in [-0.25, -0.2) is 4.98 Å². The predicted octanol–water partition coefficient (Wildman–Crippen LogP) is 4.91. The van der Waals surface area contributed by atoms with Crippen molar-refractivity contribution in [1.82, 2.24) is 15.3 Å². The van der Waals surface area contributed by atoms with Gasteiger partial charge in [-0.3, -0.25) is 9.52 Å². The van der Waals surface area contributed by atoms with Gasteiger partial charge < -0.3 is 24.5 Å². The van der Waals surface area contributed by atoms with Crippen molar-refractivity contribution in [3.05, 3.63) is 83.7 Å². The van der Waals surface area contributed by atoms with Crippen molar-refractivity contribution in [2.75, 3.05) is 44.8 Å². The predicted molar refractivity (Wildman–Crippen MR) is 168 cm³/mol. The fraction of sp³-hybridized carbons (Fsp3) is 0.355. The van der Waals surface area contributed by atoms with E-state index in [4.69, 9.17) is 14.2 Å². The summed E-state index contributed by atoms with van der Waals surface area (Å²) >= 11 is 1.85. The van der Waals surface area contributed by atoms with Gasteiger partial charge in [0.2, 0.25) is 0 Å². The standard InChI is InChI=1S/C31H36N4O6S2/c1-22-7-6-12-32-30(22)43(37,38)35-26-19-25(41-16-15-39-2)17-24-18-27(34-28(24)26)29(36)33-21-31(10-13-40-14-11-31)42-20-23-8-4-3-5-9-23/h3-9,12,17-19,34-35H,10-11,13-16,20-21H2,1-2H3,(H,33,36). The highest BCUT2D eigenvalue weighted by Gasteiger charge is 2.34. The maximum Gasteiger partial charge on any atom is 0.279 e. The fourth-order valence-corrected chi connectivity index (χ4v) is 7.49. The average Bonchev–Trinajstić information content (AvgIpc) is 3.45. The average molecular weight is 625 g/mol. The number of aromatic nitrogens is 2. The lowest BCUT2D eigenvalue weighted by atomic mass is 9.99. The number of H-pyrrole nitrogens is 1. The van der Waals surface area contributed by atoms with Gasteiger partial charge in [0.15, 0.2) is 5.03 Å². The smallest absolute Gasteiger partial charge is 0.279 e. The Hall–Kier alpha value is -3.58. The van der Waals surface area contributed by atoms with Crippen molar-refractivity contribution < 1.29 is 27.4 Å². The van der Waals surface area contributed by atoms with E-state index in [2.05, 4.69) is 32.1 Å². The molecule has 3 heterocycles. The molecule has 10 nitrogen and oxygen atoms in total. The highest BCUT2D eigenvalue weighted by atomic mass is 32.2. The molecule has 0 saturated carbocycles. The van der Waals surface area contributed by atoms with Gasteiger partial charge in [0.05, 0.1) is 17.8 Å². The molecule has 0 radical (unpaired) electrons. The minimum Gasteiger partial charge on any atom is -0.491 e. The van der Waals surface area contributed by atoms with Crippen molar-refractivity contribution in [2.45, 2.75) is 35.3 Å². The number of amides is 1. The van der Waals surface area contributed by atoms with Crippen LogP contribution in [-0.4, -0.2) is 69.1 Å². The molecular weight excluding hydrogens is 588 g/mol. The largest absolute Gasteiger partial charge is 0.491 e. The maximum absolute atomic E-state index is 13.5. The van der Waals surface area contributed by atoms with E-state index in [0.29, 0.717) is 54.3 Å². The van der Waals surface area contributed by atoms with Crippen LogP contribution in [0.15, 0.2) is 71.9 Å². The van der Waals surface area contributed by atoms with Crippen LogP contribution >= 0.6 is 11.8 Å². The van der Waals surface area contributed by atoms with Crippen LogP contribution in [0.2, 0.25) is 0 Å². The molecule has 2 aromatic carbocycles. The van der Waals surface area contributed by atoms with Crippen LogP contribution in [-0.2, 0) is 25.2 Å². The molecule has 1 amide bonds. The number of nitrogens with one attached hydrogen (secondary N) is 3. The molecule has 1 aliphatic rings. The molecule has 1 saturated heterocycles. The summed E-state index contributed by atoms with van der Waals surface area (Å²) in [6.45, 7) is 4.10. The fourth-order valence-electron chi connectivity index (χ4n) is 4.95. The summed E-state index contributed by atoms with van der Waals surface area (Å²) in [6.07, 6.45) is 3.10. The zero-order chi connectivity index (χ0) is 30.3. The Bertz CT molecular complexity index is 1650. The molecule has 0 unspecified atom stereocenters. The van der Waals surface area contributed by atoms with E-state index in [1.807, 2.05) is 30.0 Å². The van der Waals surface area contributed by atoms with Gasteiger partial charge in [-0.15, -0.1) is 11.8 Å². The number of rotatable bonds is 13. The molecule has 0 aliphatic carbocycles. The maximum atomic E-state index is 13.5. The van der Waals surface area contributed by atoms with Crippen molar-refractivity contribution in [2.24, 2.45) is 0 Å². The summed E-state index contributed by atoms with van der Waals surface area (Å²) < 4.78 is 45.6. The molecule has 0 bridgehead atoms. The van der Waals surface area contributed by atoms with Crippen LogP contribution in [0.1, 0.15) is 34.5 Å². The molecule has 0 atom stereocenters. The summed E-state index contributed by atoms with van der Waals surface area (Å²) in [6, 6.07) is 18.7. The number of sulfonamides is 1. The lowest BCUT2D eigenvalue weighted by Crippen LogP contribution is -2.44. The number of aryl methyl sites for hydroxylation is 1. The number of methoxy groups -OCH3 is 1. The molecule has 2 aromatic heterocycles. The Labute approximate surface area is 256 Å². The first-order valence-corrected chi connectivity index (χ1v) is 16.5. The Morgan fingerprint density at radius 2 is 1.88 bits per heavy atom. The molecule has 1 aliphatic heterocycles. The number of hydrogen-bond donors (Lipinski definition) is 3. The van der Waals surface area contributed by atoms with Gasteiger partial charge in [-0.2, -0.15) is 8.42 Å². The van der Waals surface area contributed by atoms with Crippen LogP contribution < -0.4 is 14.8 Å². The van der Waals surface area contributed by atoms with E-state index in [9.17, 15) is 13.2 Å². The first kappa shape index (κ1) is 30.9. The third-order valence-corrected chi connectivity index (χ3v) is 10.4. The van der Waals surface area contributed by atoms with Gasteiger partial charge in [-0.1, -0.05) is 36.4 Å². The molecule has 43 heavy (non-hydrogen) atoms. The Balaban J connectivity index is 1.38. The number of aromatic amines is 1. The molecule has 12 heteroatoms. The summed E-state index contributed by atoms with van der Waals surface area (Å²) in [7, 11) is -2.45. The van der Waals surface area contributed by atoms with Crippen molar-refractivity contribution in [3.63, 3.8) is 0 Å². The Morgan fingerprint density at radius 1 is 1.09 bits per heavy atom. The first-order chi connectivity index (χ1) is 20.8. The van der Waals surface area contributed by atoms with E-state index in [0.717, 1.165) is 18.6 Å². The Kier molecular flexibility index (Phi) is 9.91. The Morgan fingerprint density at radius 3 is 2.63 bits per heavy atom. The van der Waals surface area contributed by atoms with Gasteiger partial charge in [0, 0.05) is 55.0 Å². The summed E-state index contributed by atoms with van der Waals surface area (Å²) in [5, 5.41) is 3.67. The number of anilines is 1. The van der Waals surface area contributed by atoms with E-state index in [-0.39, 0.29) is 28.0 Å². The minimum absolute atomic E-state index is 0.0758. The highest BCUT2D eigenvalue weighted by molar-refractivity contribution is 7.99. The number of thioether (sulfide) groups is 1. The monoisotopic (exact) mass is 624 g/mol. The molecule has 5 rings (SSSR count). The SMILES string of the molecule is COCCOc1cc(NS(=O)(=O)c2ncccc2C)c2[nH]c(C(=O)NCC3(SCc4ccccc4)CCOCC3)cc2c1. The number of carbonyl (C=O) groups is 1. The van der Waals surface area contributed by atoms with Crippen molar-refractivity contribution >= 4 is 44.3 Å². The van der Waals surface area contributed by atoms with Crippen LogP contribution in [0.4, 0.5) is 5.69 Å². The number of nitrogens with zero attached hydrogens (tertiary/aromatic N) is 1. The normalized spacial score (nSPS) is 14.8. The minimum atomic E-state index is -4.03. The first-order valence-electron chi connectivity index (χ1n) is 14.1. The second-order valence-corrected chi connectivity index (χ2v) is 13.5. The number of fused-ring (bicyclic) bond motifs is 1. The van der Waals surface area contributed by atoms with Gasteiger partial charge >= 0.3 is 0 Å². The third kappa shape index (κ3) is 7.69. The highest BCUT2D eigenvalue weighted by Crippen LogP contribution is 2.37. The van der Waals surface area contributed by atoms with Gasteiger partial charge in [-0.05, 0) is 49.1 Å². The summed E-state index contributed by atoms with van der Waals surface area (Å²) in [4.78, 5) is 20.7. The number of pyridine rings is 1. The lowest BCUT2D eigenvalue weighted by molar-refractivity contribution is 0.0740. The van der Waals surface area contributed by atoms with E-state index >= 15 is 0 Å². The summed E-state index contributed by atoms with van der Waals surface area (Å²) in [5.74, 6) is 0.997. The van der Waals surface area contributed by atoms with Gasteiger partial charge in [0.1, 0.15) is 18.1 Å². The van der Waals surface area contributed by atoms with Crippen LogP contribution in [0, 0.1) is 6.92 Å². The number of carbonyl (C=O) groups excluding carboxylic acids is 1. The molecule has 0 spiro atoms. The lowest BCUT2D eigenvalue weighted by Gasteiger charge is -2.36. The van der Waals surface area contributed by atoms with E-state index in [1.165, 1.54) is 11.8 Å². The molecule has 3 N–H and O–H groups in total. The third-order valence-electron chi connectivity index (χ3n) is 7.33. The zero-order valence-corrected chi connectivity index (χ0v) is 25.9. The topological polar surface area (TPSA) is 132 Å². The van der Waals surface area contributed by atoms with Crippen LogP contribution in [0.5, 0.6) is 5.75 Å². The van der Waals surface area contributed by atoms with Gasteiger partial charge in [0.25, 0.3) is 15.9 Å². The van der Waals surface area contributed by atoms with Crippen molar-refractivity contribution in [1.29, 1.82) is 0 Å². The van der Waals surface area contributed by atoms with E-state index < -0.39 is 10.0 Å². The van der Waals surface area contributed by atoms with Crippen molar-refractivity contribution in [3.8, 4) is 5.75 Å². The number of ether oxygens (including phenoxy) is 3. The molecule has 1 fully saturated rings. The second-order valence-electron chi connectivity index (χ2n) is 10.4. The summed E-state index contributed by atoms with van der Waals surface area (Å²) in [5.41, 5.74) is 2.76. The molecule has 228 valence electrons. The second kappa shape index (κ2) is 13.8. The molecular formula is C31H36N4O6S2. The quantitative estimate of drug-likeness (QED) is 0.179. The van der Waals surface area contributed by atoms with E-state index in [1.54, 1.807) is 44.4 Å². The molecule has 4 aromatic rings. The zero-order valence-electron chi connectivity index (χ0n) is 24.2. The van der Waals surface area contributed by atoms with Crippen LogP contribution in [0.25, 0.3) is 10.9 Å².